The van der Waals surface area contributed by atoms with Crippen LogP contribution in [0.2, 0.25) is 0 Å². The van der Waals surface area contributed by atoms with Crippen LogP contribution >= 0.6 is 0 Å². The summed E-state index contributed by atoms with van der Waals surface area (Å²) in [5, 5.41) is 3.07. The second-order valence-corrected chi connectivity index (χ2v) is 12.6. The van der Waals surface area contributed by atoms with Gasteiger partial charge in [-0.1, -0.05) is 92.6 Å². The number of ether oxygens (including phenoxy) is 1. The van der Waals surface area contributed by atoms with Gasteiger partial charge in [0.1, 0.15) is 17.2 Å². The molecule has 1 N–H and O–H groups in total. The summed E-state index contributed by atoms with van der Waals surface area (Å²) in [5.74, 6) is -2.05. The van der Waals surface area contributed by atoms with Crippen molar-refractivity contribution in [2.75, 3.05) is 10.2 Å². The number of benzene rings is 4. The van der Waals surface area contributed by atoms with Crippen molar-refractivity contribution >= 4 is 40.9 Å². The molecule has 236 valence electrons. The van der Waals surface area contributed by atoms with Crippen LogP contribution in [0.3, 0.4) is 0 Å². The molecular formula is C40H36N2O5. The number of carbonyl (C=O) groups is 4. The summed E-state index contributed by atoms with van der Waals surface area (Å²) in [6, 6.07) is 27.6. The highest BCUT2D eigenvalue weighted by molar-refractivity contribution is 6.18. The van der Waals surface area contributed by atoms with Crippen molar-refractivity contribution in [2.45, 2.75) is 57.0 Å². The van der Waals surface area contributed by atoms with Gasteiger partial charge in [-0.05, 0) is 65.9 Å². The van der Waals surface area contributed by atoms with E-state index in [1.165, 1.54) is 6.92 Å². The maximum atomic E-state index is 15.1. The number of carbonyl (C=O) groups excluding carboxylic acids is 4. The van der Waals surface area contributed by atoms with Gasteiger partial charge in [-0.3, -0.25) is 19.2 Å². The number of anilines is 2. The molecule has 7 nitrogen and oxygen atoms in total. The Hall–Kier alpha value is -5.30. The number of hydrogen-bond donors (Lipinski definition) is 1. The molecule has 0 saturated carbocycles. The number of nitrogens with zero attached hydrogens (tertiary/aromatic N) is 1. The number of ketones is 2. The third-order valence-corrected chi connectivity index (χ3v) is 9.80. The number of hydrogen-bond acceptors (Lipinski definition) is 6. The van der Waals surface area contributed by atoms with Crippen molar-refractivity contribution in [1.29, 1.82) is 0 Å². The number of amides is 1. The fourth-order valence-electron chi connectivity index (χ4n) is 7.74. The Labute approximate surface area is 274 Å². The number of para-hydroxylation sites is 2. The monoisotopic (exact) mass is 624 g/mol. The fourth-order valence-corrected chi connectivity index (χ4v) is 7.74. The van der Waals surface area contributed by atoms with E-state index < -0.39 is 29.4 Å². The van der Waals surface area contributed by atoms with Crippen LogP contribution in [0.1, 0.15) is 70.5 Å². The molecule has 47 heavy (non-hydrogen) atoms. The van der Waals surface area contributed by atoms with Gasteiger partial charge in [0.15, 0.2) is 11.6 Å². The van der Waals surface area contributed by atoms with Crippen LogP contribution in [0.25, 0.3) is 6.08 Å². The Bertz CT molecular complexity index is 1910. The minimum atomic E-state index is -1.38. The van der Waals surface area contributed by atoms with Crippen LogP contribution in [-0.4, -0.2) is 35.5 Å². The van der Waals surface area contributed by atoms with Gasteiger partial charge in [0, 0.05) is 29.4 Å². The first-order chi connectivity index (χ1) is 22.8. The first-order valence-corrected chi connectivity index (χ1v) is 16.3. The molecule has 0 unspecified atom stereocenters. The molecule has 0 bridgehead atoms. The predicted molar refractivity (Wildman–Crippen MR) is 182 cm³/mol. The molecule has 1 saturated heterocycles. The lowest BCUT2D eigenvalue weighted by Crippen LogP contribution is -2.51. The zero-order valence-corrected chi connectivity index (χ0v) is 26.4. The van der Waals surface area contributed by atoms with Gasteiger partial charge >= 0.3 is 5.97 Å². The van der Waals surface area contributed by atoms with Crippen molar-refractivity contribution in [3.8, 4) is 5.75 Å². The summed E-state index contributed by atoms with van der Waals surface area (Å²) in [6.45, 7) is 3.49. The van der Waals surface area contributed by atoms with E-state index in [0.29, 0.717) is 28.1 Å². The second-order valence-electron chi connectivity index (χ2n) is 12.6. The van der Waals surface area contributed by atoms with Crippen molar-refractivity contribution in [3.05, 3.63) is 131 Å². The molecule has 1 fully saturated rings. The third-order valence-electron chi connectivity index (χ3n) is 9.80. The molecule has 1 spiro atoms. The Balaban J connectivity index is 1.41. The Morgan fingerprint density at radius 2 is 1.51 bits per heavy atom. The normalized spacial score (nSPS) is 22.0. The summed E-state index contributed by atoms with van der Waals surface area (Å²) >= 11 is 0. The predicted octanol–water partition coefficient (Wildman–Crippen LogP) is 7.20. The van der Waals surface area contributed by atoms with Gasteiger partial charge in [0.25, 0.3) is 0 Å². The smallest absolute Gasteiger partial charge is 0.308 e. The average Bonchev–Trinajstić information content (AvgIpc) is 3.56. The molecule has 3 aliphatic rings. The molecule has 4 aromatic carbocycles. The largest absolute Gasteiger partial charge is 0.427 e. The maximum Gasteiger partial charge on any atom is 0.308 e. The van der Waals surface area contributed by atoms with Crippen molar-refractivity contribution in [3.63, 3.8) is 0 Å². The summed E-state index contributed by atoms with van der Waals surface area (Å²) in [6.07, 6.45) is 8.21. The van der Waals surface area contributed by atoms with Gasteiger partial charge in [0.05, 0.1) is 12.0 Å². The average molecular weight is 625 g/mol. The minimum Gasteiger partial charge on any atom is -0.427 e. The van der Waals surface area contributed by atoms with E-state index in [0.717, 1.165) is 42.5 Å². The SMILES string of the molecule is CCCCCc1ccc(C(=O)[C@@H]2[C@@H](C(=O)c3ccc(OC(C)=O)cc3)N3c4ccccc4C=C[C@@H]3[C@]23C(=O)Nc2ccccc23)cc1. The van der Waals surface area contributed by atoms with Gasteiger partial charge in [0.2, 0.25) is 5.91 Å². The zero-order valence-electron chi connectivity index (χ0n) is 26.4. The van der Waals surface area contributed by atoms with Gasteiger partial charge in [-0.15, -0.1) is 0 Å². The van der Waals surface area contributed by atoms with Crippen LogP contribution in [0.15, 0.2) is 103 Å². The number of unbranched alkanes of at least 4 members (excludes halogenated alkanes) is 2. The van der Waals surface area contributed by atoms with Crippen molar-refractivity contribution < 1.29 is 23.9 Å². The van der Waals surface area contributed by atoms with E-state index >= 15 is 4.79 Å². The third kappa shape index (κ3) is 4.97. The summed E-state index contributed by atoms with van der Waals surface area (Å²) < 4.78 is 5.22. The molecule has 3 heterocycles. The Morgan fingerprint density at radius 1 is 0.830 bits per heavy atom. The van der Waals surface area contributed by atoms with E-state index in [1.54, 1.807) is 24.3 Å². The van der Waals surface area contributed by atoms with Crippen molar-refractivity contribution in [1.82, 2.24) is 0 Å². The zero-order chi connectivity index (χ0) is 32.7. The summed E-state index contributed by atoms with van der Waals surface area (Å²) in [7, 11) is 0. The lowest BCUT2D eigenvalue weighted by Gasteiger charge is -2.37. The number of rotatable bonds is 9. The van der Waals surface area contributed by atoms with Crippen LogP contribution in [0, 0.1) is 5.92 Å². The fraction of sp³-hybridized carbons (Fsp3) is 0.250. The highest BCUT2D eigenvalue weighted by atomic mass is 16.5. The first kappa shape index (κ1) is 30.4. The maximum absolute atomic E-state index is 15.1. The van der Waals surface area contributed by atoms with Crippen LogP contribution < -0.4 is 15.0 Å². The molecule has 3 aliphatic heterocycles. The first-order valence-electron chi connectivity index (χ1n) is 16.3. The van der Waals surface area contributed by atoms with E-state index in [2.05, 4.69) is 12.2 Å². The molecule has 0 radical (unpaired) electrons. The minimum absolute atomic E-state index is 0.257. The van der Waals surface area contributed by atoms with Crippen LogP contribution in [-0.2, 0) is 21.4 Å². The van der Waals surface area contributed by atoms with E-state index in [-0.39, 0.29) is 17.5 Å². The molecular weight excluding hydrogens is 588 g/mol. The van der Waals surface area contributed by atoms with Crippen molar-refractivity contribution in [2.24, 2.45) is 5.92 Å². The molecule has 4 atom stereocenters. The van der Waals surface area contributed by atoms with E-state index in [4.69, 9.17) is 4.74 Å². The molecule has 1 amide bonds. The molecule has 4 aromatic rings. The number of aryl methyl sites for hydroxylation is 1. The van der Waals surface area contributed by atoms with E-state index in [9.17, 15) is 14.4 Å². The lowest BCUT2D eigenvalue weighted by atomic mass is 9.64. The van der Waals surface area contributed by atoms with Gasteiger partial charge < -0.3 is 15.0 Å². The Kier molecular flexibility index (Phi) is 7.84. The summed E-state index contributed by atoms with van der Waals surface area (Å²) in [5.41, 5.74) is 3.62. The number of fused-ring (bicyclic) bond motifs is 6. The molecule has 0 aliphatic carbocycles. The standard InChI is InChI=1S/C40H36N2O5/c1-3-4-5-10-26-15-17-28(18-16-26)37(44)35-36(38(45)29-19-22-30(23-20-29)47-25(2)43)42-33-14-9-6-11-27(33)21-24-34(42)40(35)31-12-7-8-13-32(31)41-39(40)46/h6-9,11-24,34-36H,3-5,10H2,1-2H3,(H,41,46)/t34-,35+,36+,40+/m1/s1. The quantitative estimate of drug-likeness (QED) is 0.0917. The topological polar surface area (TPSA) is 92.8 Å². The highest BCUT2D eigenvalue weighted by Gasteiger charge is 2.70. The highest BCUT2D eigenvalue weighted by Crippen LogP contribution is 2.58. The molecule has 0 aromatic heterocycles. The van der Waals surface area contributed by atoms with Gasteiger partial charge in [-0.25, -0.2) is 0 Å². The molecule has 7 rings (SSSR count). The Morgan fingerprint density at radius 3 is 2.26 bits per heavy atom. The van der Waals surface area contributed by atoms with Crippen LogP contribution in [0.5, 0.6) is 5.75 Å². The number of nitrogens with one attached hydrogen (secondary N) is 1. The van der Waals surface area contributed by atoms with Crippen LogP contribution in [0.4, 0.5) is 11.4 Å². The lowest BCUT2D eigenvalue weighted by molar-refractivity contribution is -0.131. The number of Topliss-reactive ketones (excluding diaryl/α,β-unsaturated/α-hetero) is 2. The number of esters is 1. The van der Waals surface area contributed by atoms with E-state index in [1.807, 2.05) is 89.8 Å². The van der Waals surface area contributed by atoms with Gasteiger partial charge in [-0.2, -0.15) is 0 Å². The molecule has 7 heteroatoms. The second kappa shape index (κ2) is 12.1. The summed E-state index contributed by atoms with van der Waals surface area (Å²) in [4.78, 5) is 58.0.